The van der Waals surface area contributed by atoms with E-state index in [0.29, 0.717) is 5.82 Å². The van der Waals surface area contributed by atoms with Gasteiger partial charge in [-0.3, -0.25) is 0 Å². The number of rotatable bonds is 3. The van der Waals surface area contributed by atoms with Gasteiger partial charge in [-0.25, -0.2) is 9.97 Å². The highest BCUT2D eigenvalue weighted by atomic mass is 32.1. The average Bonchev–Trinajstić information content (AvgIpc) is 2.58. The normalized spacial score (nSPS) is 12.4. The van der Waals surface area contributed by atoms with Crippen LogP contribution < -0.4 is 11.1 Å². The number of aromatic nitrogens is 2. The summed E-state index contributed by atoms with van der Waals surface area (Å²) in [5, 5.41) is 4.42. The van der Waals surface area contributed by atoms with Crippen molar-refractivity contribution in [3.63, 3.8) is 0 Å². The van der Waals surface area contributed by atoms with E-state index in [1.165, 1.54) is 4.88 Å². The predicted octanol–water partition coefficient (Wildman–Crippen LogP) is 2.91. The lowest BCUT2D eigenvalue weighted by molar-refractivity contribution is 0.880. The van der Waals surface area contributed by atoms with Crippen LogP contribution in [0.15, 0.2) is 18.2 Å². The van der Waals surface area contributed by atoms with Crippen molar-refractivity contribution in [2.45, 2.75) is 26.8 Å². The van der Waals surface area contributed by atoms with Gasteiger partial charge in [0.25, 0.3) is 0 Å². The highest BCUT2D eigenvalue weighted by molar-refractivity contribution is 7.11. The van der Waals surface area contributed by atoms with E-state index in [4.69, 9.17) is 5.73 Å². The van der Waals surface area contributed by atoms with Crippen molar-refractivity contribution in [1.82, 2.24) is 9.97 Å². The maximum Gasteiger partial charge on any atom is 0.128 e. The van der Waals surface area contributed by atoms with Crippen LogP contribution in [0.3, 0.4) is 0 Å². The first-order chi connectivity index (χ1) is 8.06. The van der Waals surface area contributed by atoms with E-state index in [9.17, 15) is 0 Å². The summed E-state index contributed by atoms with van der Waals surface area (Å²) in [5.41, 5.74) is 6.73. The fourth-order valence-corrected chi connectivity index (χ4v) is 2.70. The first-order valence-corrected chi connectivity index (χ1v) is 6.31. The number of nitrogens with one attached hydrogen (secondary N) is 1. The van der Waals surface area contributed by atoms with Gasteiger partial charge in [0, 0.05) is 4.88 Å². The Morgan fingerprint density at radius 3 is 2.65 bits per heavy atom. The fourth-order valence-electron chi connectivity index (χ4n) is 1.77. The summed E-state index contributed by atoms with van der Waals surface area (Å²) in [6.45, 7) is 6.15. The van der Waals surface area contributed by atoms with Crippen LogP contribution in [-0.2, 0) is 0 Å². The molecule has 1 unspecified atom stereocenters. The Bertz CT molecular complexity index is 521. The molecule has 1 atom stereocenters. The Balaban J connectivity index is 2.16. The molecule has 0 aliphatic heterocycles. The molecule has 0 aromatic carbocycles. The van der Waals surface area contributed by atoms with E-state index in [2.05, 4.69) is 22.2 Å². The molecule has 0 saturated heterocycles. The zero-order valence-corrected chi connectivity index (χ0v) is 11.0. The number of nitrogens with zero attached hydrogens (tertiary/aromatic N) is 2. The number of nitrogens with two attached hydrogens (primary N) is 1. The lowest BCUT2D eigenvalue weighted by Crippen LogP contribution is -2.08. The van der Waals surface area contributed by atoms with Gasteiger partial charge >= 0.3 is 0 Å². The van der Waals surface area contributed by atoms with E-state index in [-0.39, 0.29) is 6.04 Å². The summed E-state index contributed by atoms with van der Waals surface area (Å²) in [5.74, 6) is 1.32. The van der Waals surface area contributed by atoms with Crippen LogP contribution in [0.25, 0.3) is 0 Å². The molecule has 0 aliphatic rings. The van der Waals surface area contributed by atoms with E-state index in [1.54, 1.807) is 17.4 Å². The third-order valence-corrected chi connectivity index (χ3v) is 3.72. The average molecular weight is 248 g/mol. The molecule has 0 spiro atoms. The molecule has 0 radical (unpaired) electrons. The second-order valence-electron chi connectivity index (χ2n) is 4.00. The van der Waals surface area contributed by atoms with Crippen LogP contribution >= 0.6 is 11.3 Å². The number of hydrogen-bond donors (Lipinski definition) is 2. The summed E-state index contributed by atoms with van der Waals surface area (Å²) in [4.78, 5) is 9.89. The standard InChI is InChI=1S/C12H16N4S/c1-7-12(17-9(3)14-7)8(2)15-11-6-4-5-10(13)16-11/h4-6,8H,1-3H3,(H3,13,15,16). The molecule has 17 heavy (non-hydrogen) atoms. The first-order valence-electron chi connectivity index (χ1n) is 5.49. The molecule has 2 aromatic rings. The lowest BCUT2D eigenvalue weighted by atomic mass is 10.2. The van der Waals surface area contributed by atoms with Gasteiger partial charge < -0.3 is 11.1 Å². The van der Waals surface area contributed by atoms with Crippen LogP contribution in [0.1, 0.15) is 28.5 Å². The van der Waals surface area contributed by atoms with Crippen LogP contribution in [0.2, 0.25) is 0 Å². The van der Waals surface area contributed by atoms with Gasteiger partial charge in [-0.2, -0.15) is 0 Å². The van der Waals surface area contributed by atoms with E-state index in [1.807, 2.05) is 26.0 Å². The van der Waals surface area contributed by atoms with Crippen LogP contribution in [0.5, 0.6) is 0 Å². The van der Waals surface area contributed by atoms with Gasteiger partial charge in [0.2, 0.25) is 0 Å². The molecule has 0 aliphatic carbocycles. The van der Waals surface area contributed by atoms with Gasteiger partial charge in [0.15, 0.2) is 0 Å². The van der Waals surface area contributed by atoms with Crippen LogP contribution in [0, 0.1) is 13.8 Å². The maximum atomic E-state index is 5.65. The molecule has 2 rings (SSSR count). The van der Waals surface area contributed by atoms with Crippen LogP contribution in [-0.4, -0.2) is 9.97 Å². The summed E-state index contributed by atoms with van der Waals surface area (Å²) in [6.07, 6.45) is 0. The number of anilines is 2. The molecule has 0 fully saturated rings. The number of hydrogen-bond acceptors (Lipinski definition) is 5. The van der Waals surface area contributed by atoms with Crippen molar-refractivity contribution in [2.75, 3.05) is 11.1 Å². The Kier molecular flexibility index (Phi) is 3.28. The summed E-state index contributed by atoms with van der Waals surface area (Å²) in [6, 6.07) is 5.77. The van der Waals surface area contributed by atoms with Crippen molar-refractivity contribution in [3.8, 4) is 0 Å². The van der Waals surface area contributed by atoms with E-state index < -0.39 is 0 Å². The summed E-state index contributed by atoms with van der Waals surface area (Å²) >= 11 is 1.71. The molecule has 0 saturated carbocycles. The highest BCUT2D eigenvalue weighted by Crippen LogP contribution is 2.26. The predicted molar refractivity (Wildman–Crippen MR) is 72.3 cm³/mol. The van der Waals surface area contributed by atoms with E-state index in [0.717, 1.165) is 16.5 Å². The van der Waals surface area contributed by atoms with Gasteiger partial charge in [-0.05, 0) is 32.9 Å². The molecular weight excluding hydrogens is 232 g/mol. The molecule has 3 N–H and O–H groups in total. The molecule has 90 valence electrons. The van der Waals surface area contributed by atoms with Gasteiger partial charge in [0.05, 0.1) is 16.7 Å². The van der Waals surface area contributed by atoms with Gasteiger partial charge in [-0.1, -0.05) is 6.07 Å². The Morgan fingerprint density at radius 2 is 2.06 bits per heavy atom. The number of nitrogen functional groups attached to an aromatic ring is 1. The smallest absolute Gasteiger partial charge is 0.128 e. The zero-order valence-electron chi connectivity index (χ0n) is 10.2. The molecule has 0 amide bonds. The molecule has 0 bridgehead atoms. The summed E-state index contributed by atoms with van der Waals surface area (Å²) < 4.78 is 0. The largest absolute Gasteiger partial charge is 0.384 e. The Morgan fingerprint density at radius 1 is 1.29 bits per heavy atom. The Labute approximate surface area is 105 Å². The third-order valence-electron chi connectivity index (χ3n) is 2.47. The van der Waals surface area contributed by atoms with Gasteiger partial charge in [-0.15, -0.1) is 11.3 Å². The molecule has 2 aromatic heterocycles. The zero-order chi connectivity index (χ0) is 12.4. The lowest BCUT2D eigenvalue weighted by Gasteiger charge is -2.13. The minimum absolute atomic E-state index is 0.190. The number of thiazole rings is 1. The molecule has 5 heteroatoms. The number of aryl methyl sites for hydroxylation is 2. The molecule has 4 nitrogen and oxygen atoms in total. The SMILES string of the molecule is Cc1nc(C)c(C(C)Nc2cccc(N)n2)s1. The highest BCUT2D eigenvalue weighted by Gasteiger charge is 2.13. The fraction of sp³-hybridized carbons (Fsp3) is 0.333. The molecule has 2 heterocycles. The summed E-state index contributed by atoms with van der Waals surface area (Å²) in [7, 11) is 0. The monoisotopic (exact) mass is 248 g/mol. The number of pyridine rings is 1. The maximum absolute atomic E-state index is 5.65. The van der Waals surface area contributed by atoms with E-state index >= 15 is 0 Å². The second kappa shape index (κ2) is 4.71. The first kappa shape index (κ1) is 11.9. The molecular formula is C12H16N4S. The van der Waals surface area contributed by atoms with Crippen molar-refractivity contribution < 1.29 is 0 Å². The second-order valence-corrected chi connectivity index (χ2v) is 5.23. The topological polar surface area (TPSA) is 63.8 Å². The third kappa shape index (κ3) is 2.74. The van der Waals surface area contributed by atoms with Crippen molar-refractivity contribution in [3.05, 3.63) is 33.8 Å². The van der Waals surface area contributed by atoms with Gasteiger partial charge in [0.1, 0.15) is 11.6 Å². The minimum Gasteiger partial charge on any atom is -0.384 e. The minimum atomic E-state index is 0.190. The Hall–Kier alpha value is -1.62. The van der Waals surface area contributed by atoms with Crippen LogP contribution in [0.4, 0.5) is 11.6 Å². The van der Waals surface area contributed by atoms with Crippen molar-refractivity contribution in [2.24, 2.45) is 0 Å². The van der Waals surface area contributed by atoms with Crippen molar-refractivity contribution in [1.29, 1.82) is 0 Å². The van der Waals surface area contributed by atoms with Crippen molar-refractivity contribution >= 4 is 23.0 Å². The quantitative estimate of drug-likeness (QED) is 0.876.